The summed E-state index contributed by atoms with van der Waals surface area (Å²) >= 11 is 0. The molecule has 1 aromatic rings. The molecule has 1 aliphatic rings. The van der Waals surface area contributed by atoms with Crippen molar-refractivity contribution in [3.8, 4) is 11.8 Å². The van der Waals surface area contributed by atoms with E-state index in [0.717, 1.165) is 24.5 Å². The monoisotopic (exact) mass is 262 g/mol. The van der Waals surface area contributed by atoms with Gasteiger partial charge in [0.2, 0.25) is 0 Å². The summed E-state index contributed by atoms with van der Waals surface area (Å²) in [4.78, 5) is 0. The molecule has 3 heteroatoms. The van der Waals surface area contributed by atoms with Crippen molar-refractivity contribution >= 4 is 0 Å². The van der Waals surface area contributed by atoms with Crippen LogP contribution in [0.15, 0.2) is 18.2 Å². The van der Waals surface area contributed by atoms with Crippen LogP contribution >= 0.6 is 0 Å². The molecule has 1 fully saturated rings. The predicted molar refractivity (Wildman–Crippen MR) is 72.0 cm³/mol. The van der Waals surface area contributed by atoms with Gasteiger partial charge in [-0.1, -0.05) is 37.2 Å². The molecule has 1 N–H and O–H groups in total. The van der Waals surface area contributed by atoms with Crippen molar-refractivity contribution in [2.24, 2.45) is 5.92 Å². The van der Waals surface area contributed by atoms with Crippen molar-refractivity contribution in [2.75, 3.05) is 13.2 Å². The molecule has 0 aliphatic heterocycles. The summed E-state index contributed by atoms with van der Waals surface area (Å²) in [5, 5.41) is 8.62. The van der Waals surface area contributed by atoms with Crippen LogP contribution in [0, 0.1) is 23.6 Å². The van der Waals surface area contributed by atoms with Gasteiger partial charge in [0.25, 0.3) is 0 Å². The van der Waals surface area contributed by atoms with Crippen LogP contribution in [0.2, 0.25) is 0 Å². The van der Waals surface area contributed by atoms with Gasteiger partial charge in [0.05, 0.1) is 12.2 Å². The van der Waals surface area contributed by atoms with Gasteiger partial charge in [0, 0.05) is 6.61 Å². The Bertz CT molecular complexity index is 469. The fourth-order valence-electron chi connectivity index (χ4n) is 2.11. The molecule has 0 saturated heterocycles. The van der Waals surface area contributed by atoms with Crippen LogP contribution in [-0.2, 0) is 11.3 Å². The Balaban J connectivity index is 1.82. The maximum Gasteiger partial charge on any atom is 0.138 e. The lowest BCUT2D eigenvalue weighted by atomic mass is 9.83. The summed E-state index contributed by atoms with van der Waals surface area (Å²) in [5.41, 5.74) is 1.23. The van der Waals surface area contributed by atoms with Crippen molar-refractivity contribution in [1.29, 1.82) is 0 Å². The SMILES string of the molecule is OCC#Cc1cc(COCCC2CCC2)ccc1F. The maximum atomic E-state index is 13.4. The van der Waals surface area contributed by atoms with Crippen LogP contribution in [0.1, 0.15) is 36.8 Å². The van der Waals surface area contributed by atoms with Crippen molar-refractivity contribution in [1.82, 2.24) is 0 Å². The second-order valence-corrected chi connectivity index (χ2v) is 4.91. The Morgan fingerprint density at radius 3 is 2.89 bits per heavy atom. The van der Waals surface area contributed by atoms with Crippen molar-refractivity contribution in [3.63, 3.8) is 0 Å². The standard InChI is InChI=1S/C16H19FO2/c17-16-7-6-14(11-15(16)5-2-9-18)12-19-10-8-13-3-1-4-13/h6-7,11,13,18H,1,3-4,8-10,12H2. The lowest BCUT2D eigenvalue weighted by Gasteiger charge is -2.24. The Hall–Kier alpha value is -1.37. The smallest absolute Gasteiger partial charge is 0.138 e. The molecule has 2 nitrogen and oxygen atoms in total. The van der Waals surface area contributed by atoms with E-state index in [0.29, 0.717) is 12.2 Å². The van der Waals surface area contributed by atoms with Crippen LogP contribution in [0.4, 0.5) is 4.39 Å². The molecule has 0 radical (unpaired) electrons. The first-order chi connectivity index (χ1) is 9.29. The third-order valence-corrected chi connectivity index (χ3v) is 3.50. The van der Waals surface area contributed by atoms with E-state index in [4.69, 9.17) is 9.84 Å². The first-order valence-corrected chi connectivity index (χ1v) is 6.75. The van der Waals surface area contributed by atoms with E-state index >= 15 is 0 Å². The molecule has 0 bridgehead atoms. The molecule has 2 rings (SSSR count). The van der Waals surface area contributed by atoms with Gasteiger partial charge in [-0.15, -0.1) is 0 Å². The van der Waals surface area contributed by atoms with Crippen LogP contribution in [0.25, 0.3) is 0 Å². The molecule has 1 aliphatic carbocycles. The molecule has 0 atom stereocenters. The lowest BCUT2D eigenvalue weighted by Crippen LogP contribution is -2.13. The first kappa shape index (κ1) is 14.0. The average molecular weight is 262 g/mol. The zero-order valence-corrected chi connectivity index (χ0v) is 11.0. The van der Waals surface area contributed by atoms with Gasteiger partial charge < -0.3 is 9.84 Å². The highest BCUT2D eigenvalue weighted by atomic mass is 19.1. The minimum atomic E-state index is -0.362. The molecule has 0 spiro atoms. The normalized spacial score (nSPS) is 14.6. The summed E-state index contributed by atoms with van der Waals surface area (Å²) in [6.45, 7) is 0.988. The van der Waals surface area contributed by atoms with E-state index < -0.39 is 0 Å². The van der Waals surface area contributed by atoms with Gasteiger partial charge in [-0.05, 0) is 30.0 Å². The predicted octanol–water partition coefficient (Wildman–Crippen LogP) is 2.88. The Labute approximate surface area is 113 Å². The van der Waals surface area contributed by atoms with Crippen LogP contribution < -0.4 is 0 Å². The number of ether oxygens (including phenoxy) is 1. The van der Waals surface area contributed by atoms with E-state index in [1.807, 2.05) is 0 Å². The van der Waals surface area contributed by atoms with Gasteiger partial charge in [-0.2, -0.15) is 0 Å². The second kappa shape index (κ2) is 7.28. The molecule has 0 aromatic heterocycles. The number of hydrogen-bond acceptors (Lipinski definition) is 2. The number of hydrogen-bond donors (Lipinski definition) is 1. The van der Waals surface area contributed by atoms with E-state index in [9.17, 15) is 4.39 Å². The molecule has 0 amide bonds. The highest BCUT2D eigenvalue weighted by molar-refractivity contribution is 5.38. The van der Waals surface area contributed by atoms with Crippen molar-refractivity contribution in [2.45, 2.75) is 32.3 Å². The largest absolute Gasteiger partial charge is 0.384 e. The Morgan fingerprint density at radius 1 is 1.37 bits per heavy atom. The summed E-state index contributed by atoms with van der Waals surface area (Å²) in [6.07, 6.45) is 5.15. The fourth-order valence-corrected chi connectivity index (χ4v) is 2.11. The first-order valence-electron chi connectivity index (χ1n) is 6.75. The highest BCUT2D eigenvalue weighted by Crippen LogP contribution is 2.29. The molecular formula is C16H19FO2. The quantitative estimate of drug-likeness (QED) is 0.653. The molecule has 1 saturated carbocycles. The second-order valence-electron chi connectivity index (χ2n) is 4.91. The maximum absolute atomic E-state index is 13.4. The van der Waals surface area contributed by atoms with Crippen LogP contribution in [0.5, 0.6) is 0 Å². The van der Waals surface area contributed by atoms with Gasteiger partial charge in [0.15, 0.2) is 0 Å². The Kier molecular flexibility index (Phi) is 5.38. The third kappa shape index (κ3) is 4.34. The number of aliphatic hydroxyl groups excluding tert-OH is 1. The lowest BCUT2D eigenvalue weighted by molar-refractivity contribution is 0.0949. The van der Waals surface area contributed by atoms with E-state index in [1.165, 1.54) is 25.3 Å². The van der Waals surface area contributed by atoms with Gasteiger partial charge in [-0.3, -0.25) is 0 Å². The average Bonchev–Trinajstić information content (AvgIpc) is 2.36. The molecule has 0 unspecified atom stereocenters. The Morgan fingerprint density at radius 2 is 2.21 bits per heavy atom. The summed E-state index contributed by atoms with van der Waals surface area (Å²) in [5.74, 6) is 5.54. The van der Waals surface area contributed by atoms with Crippen molar-refractivity contribution < 1.29 is 14.2 Å². The minimum Gasteiger partial charge on any atom is -0.384 e. The van der Waals surface area contributed by atoms with Gasteiger partial charge in [-0.25, -0.2) is 4.39 Å². The minimum absolute atomic E-state index is 0.262. The fraction of sp³-hybridized carbons (Fsp3) is 0.500. The zero-order chi connectivity index (χ0) is 13.5. The summed E-state index contributed by atoms with van der Waals surface area (Å²) < 4.78 is 19.0. The zero-order valence-electron chi connectivity index (χ0n) is 11.0. The summed E-state index contributed by atoms with van der Waals surface area (Å²) in [6, 6.07) is 4.79. The number of rotatable bonds is 5. The molecule has 1 aromatic carbocycles. The topological polar surface area (TPSA) is 29.5 Å². The van der Waals surface area contributed by atoms with E-state index in [1.54, 1.807) is 12.1 Å². The molecule has 19 heavy (non-hydrogen) atoms. The number of benzene rings is 1. The number of halogens is 1. The molecule has 102 valence electrons. The highest BCUT2D eigenvalue weighted by Gasteiger charge is 2.16. The number of aliphatic hydroxyl groups is 1. The van der Waals surface area contributed by atoms with Crippen molar-refractivity contribution in [3.05, 3.63) is 35.1 Å². The van der Waals surface area contributed by atoms with E-state index in [-0.39, 0.29) is 12.4 Å². The molecule has 0 heterocycles. The van der Waals surface area contributed by atoms with Crippen LogP contribution in [0.3, 0.4) is 0 Å². The van der Waals surface area contributed by atoms with E-state index in [2.05, 4.69) is 11.8 Å². The third-order valence-electron chi connectivity index (χ3n) is 3.50. The van der Waals surface area contributed by atoms with Crippen LogP contribution in [-0.4, -0.2) is 18.3 Å². The molecular weight excluding hydrogens is 243 g/mol. The van der Waals surface area contributed by atoms with Gasteiger partial charge in [0.1, 0.15) is 12.4 Å². The summed E-state index contributed by atoms with van der Waals surface area (Å²) in [7, 11) is 0. The van der Waals surface area contributed by atoms with Gasteiger partial charge >= 0.3 is 0 Å².